The van der Waals surface area contributed by atoms with Crippen LogP contribution in [0.5, 0.6) is 11.5 Å². The van der Waals surface area contributed by atoms with Gasteiger partial charge >= 0.3 is 0 Å². The number of benzene rings is 1. The monoisotopic (exact) mass is 355 g/mol. The number of amides is 2. The highest BCUT2D eigenvalue weighted by atomic mass is 16.5. The van der Waals surface area contributed by atoms with Gasteiger partial charge in [0.2, 0.25) is 5.91 Å². The molecule has 0 radical (unpaired) electrons. The summed E-state index contributed by atoms with van der Waals surface area (Å²) in [6.07, 6.45) is 2.47. The molecule has 7 nitrogen and oxygen atoms in total. The zero-order chi connectivity index (χ0) is 18.1. The highest BCUT2D eigenvalue weighted by molar-refractivity contribution is 6.06. The molecule has 7 heteroatoms. The summed E-state index contributed by atoms with van der Waals surface area (Å²) in [5.41, 5.74) is 0.412. The van der Waals surface area contributed by atoms with Crippen molar-refractivity contribution in [1.82, 2.24) is 14.8 Å². The summed E-state index contributed by atoms with van der Waals surface area (Å²) in [5.74, 6) is 1.28. The number of hydrogen-bond donors (Lipinski definition) is 0. The van der Waals surface area contributed by atoms with Crippen LogP contribution in [0.3, 0.4) is 0 Å². The Morgan fingerprint density at radius 2 is 1.65 bits per heavy atom. The molecule has 0 saturated carbocycles. The topological polar surface area (TPSA) is 72.0 Å². The number of pyridine rings is 1. The first-order valence-corrected chi connectivity index (χ1v) is 8.86. The number of nitrogens with zero attached hydrogens (tertiary/aromatic N) is 3. The van der Waals surface area contributed by atoms with Crippen molar-refractivity contribution >= 4 is 22.6 Å². The van der Waals surface area contributed by atoms with Crippen molar-refractivity contribution in [3.8, 4) is 11.5 Å². The number of piperazine rings is 1. The van der Waals surface area contributed by atoms with E-state index in [0.29, 0.717) is 56.6 Å². The molecule has 2 aromatic rings. The smallest absolute Gasteiger partial charge is 0.273 e. The van der Waals surface area contributed by atoms with Gasteiger partial charge in [-0.3, -0.25) is 14.6 Å². The molecule has 26 heavy (non-hydrogen) atoms. The molecule has 0 unspecified atom stereocenters. The molecule has 1 aromatic carbocycles. The van der Waals surface area contributed by atoms with E-state index in [9.17, 15) is 9.59 Å². The Bertz CT molecular complexity index is 859. The molecule has 1 saturated heterocycles. The minimum absolute atomic E-state index is 0.0419. The van der Waals surface area contributed by atoms with Crippen LogP contribution in [0.4, 0.5) is 0 Å². The third-order valence-electron chi connectivity index (χ3n) is 4.85. The first-order chi connectivity index (χ1) is 12.6. The predicted molar refractivity (Wildman–Crippen MR) is 95.5 cm³/mol. The van der Waals surface area contributed by atoms with Gasteiger partial charge in [-0.15, -0.1) is 0 Å². The standard InChI is InChI=1S/C19H21N3O4/c1-13(23)21-5-7-22(8-6-21)19(24)18-15-12-17-16(25-9-2-10-26-17)11-14(15)3-4-20-18/h3-4,11-12H,2,5-10H2,1H3. The molecule has 4 rings (SSSR count). The SMILES string of the molecule is CC(=O)N1CCN(C(=O)c2nccc3cc4c(cc23)OCCCO4)CC1. The Labute approximate surface area is 151 Å². The van der Waals surface area contributed by atoms with Gasteiger partial charge < -0.3 is 19.3 Å². The van der Waals surface area contributed by atoms with Gasteiger partial charge in [0.05, 0.1) is 13.2 Å². The van der Waals surface area contributed by atoms with Gasteiger partial charge in [0, 0.05) is 51.1 Å². The maximum absolute atomic E-state index is 13.0. The maximum Gasteiger partial charge on any atom is 0.273 e. The average Bonchev–Trinajstić information content (AvgIpc) is 2.90. The van der Waals surface area contributed by atoms with Crippen LogP contribution in [0.15, 0.2) is 24.4 Å². The van der Waals surface area contributed by atoms with E-state index in [0.717, 1.165) is 17.2 Å². The van der Waals surface area contributed by atoms with Crippen molar-refractivity contribution in [2.75, 3.05) is 39.4 Å². The van der Waals surface area contributed by atoms with Crippen LogP contribution in [0.2, 0.25) is 0 Å². The molecule has 2 aliphatic rings. The van der Waals surface area contributed by atoms with Crippen LogP contribution in [-0.4, -0.2) is 66.0 Å². The van der Waals surface area contributed by atoms with Crippen LogP contribution in [0, 0.1) is 0 Å². The van der Waals surface area contributed by atoms with Gasteiger partial charge in [0.15, 0.2) is 11.5 Å². The number of fused-ring (bicyclic) bond motifs is 2. The van der Waals surface area contributed by atoms with E-state index in [1.54, 1.807) is 22.9 Å². The lowest BCUT2D eigenvalue weighted by Crippen LogP contribution is -2.50. The van der Waals surface area contributed by atoms with Crippen LogP contribution in [0.25, 0.3) is 10.8 Å². The van der Waals surface area contributed by atoms with Crippen molar-refractivity contribution in [1.29, 1.82) is 0 Å². The van der Waals surface area contributed by atoms with Crippen LogP contribution >= 0.6 is 0 Å². The molecule has 0 bridgehead atoms. The summed E-state index contributed by atoms with van der Waals surface area (Å²) >= 11 is 0. The van der Waals surface area contributed by atoms with Crippen molar-refractivity contribution in [2.24, 2.45) is 0 Å². The molecular weight excluding hydrogens is 334 g/mol. The largest absolute Gasteiger partial charge is 0.490 e. The molecule has 1 aromatic heterocycles. The van der Waals surface area contributed by atoms with Gasteiger partial charge in [-0.05, 0) is 23.6 Å². The average molecular weight is 355 g/mol. The summed E-state index contributed by atoms with van der Waals surface area (Å²) < 4.78 is 11.5. The molecule has 136 valence electrons. The lowest BCUT2D eigenvalue weighted by atomic mass is 10.1. The summed E-state index contributed by atoms with van der Waals surface area (Å²) in [4.78, 5) is 32.3. The number of rotatable bonds is 1. The lowest BCUT2D eigenvalue weighted by molar-refractivity contribution is -0.130. The summed E-state index contributed by atoms with van der Waals surface area (Å²) in [5, 5.41) is 1.66. The minimum Gasteiger partial charge on any atom is -0.490 e. The normalized spacial score (nSPS) is 17.1. The predicted octanol–water partition coefficient (Wildman–Crippen LogP) is 1.70. The molecule has 2 amide bonds. The second-order valence-corrected chi connectivity index (χ2v) is 6.53. The Morgan fingerprint density at radius 1 is 1.00 bits per heavy atom. The zero-order valence-corrected chi connectivity index (χ0v) is 14.7. The quantitative estimate of drug-likeness (QED) is 0.779. The highest BCUT2D eigenvalue weighted by Gasteiger charge is 2.26. The Hall–Kier alpha value is -2.83. The molecule has 0 N–H and O–H groups in total. The molecule has 2 aliphatic heterocycles. The second-order valence-electron chi connectivity index (χ2n) is 6.53. The number of ether oxygens (including phenoxy) is 2. The van der Waals surface area contributed by atoms with Crippen molar-refractivity contribution in [3.63, 3.8) is 0 Å². The highest BCUT2D eigenvalue weighted by Crippen LogP contribution is 2.35. The Kier molecular flexibility index (Phi) is 4.36. The molecule has 3 heterocycles. The fourth-order valence-electron chi connectivity index (χ4n) is 3.37. The summed E-state index contributed by atoms with van der Waals surface area (Å²) in [6, 6.07) is 5.62. The minimum atomic E-state index is -0.117. The fourth-order valence-corrected chi connectivity index (χ4v) is 3.37. The van der Waals surface area contributed by atoms with Gasteiger partial charge in [-0.25, -0.2) is 0 Å². The van der Waals surface area contributed by atoms with Gasteiger partial charge in [-0.2, -0.15) is 0 Å². The molecule has 0 atom stereocenters. The van der Waals surface area contributed by atoms with E-state index in [2.05, 4.69) is 4.98 Å². The van der Waals surface area contributed by atoms with E-state index < -0.39 is 0 Å². The summed E-state index contributed by atoms with van der Waals surface area (Å²) in [7, 11) is 0. The van der Waals surface area contributed by atoms with Crippen molar-refractivity contribution in [3.05, 3.63) is 30.1 Å². The van der Waals surface area contributed by atoms with E-state index >= 15 is 0 Å². The number of carbonyl (C=O) groups excluding carboxylic acids is 2. The van der Waals surface area contributed by atoms with Gasteiger partial charge in [0.25, 0.3) is 5.91 Å². The second kappa shape index (κ2) is 6.82. The van der Waals surface area contributed by atoms with E-state index in [1.165, 1.54) is 0 Å². The van der Waals surface area contributed by atoms with Crippen LogP contribution < -0.4 is 9.47 Å². The molecule has 0 aliphatic carbocycles. The number of aromatic nitrogens is 1. The third-order valence-corrected chi connectivity index (χ3v) is 4.85. The lowest BCUT2D eigenvalue weighted by Gasteiger charge is -2.34. The van der Waals surface area contributed by atoms with Crippen LogP contribution in [-0.2, 0) is 4.79 Å². The fraction of sp³-hybridized carbons (Fsp3) is 0.421. The Morgan fingerprint density at radius 3 is 2.35 bits per heavy atom. The number of carbonyl (C=O) groups is 2. The maximum atomic E-state index is 13.0. The van der Waals surface area contributed by atoms with E-state index in [4.69, 9.17) is 9.47 Å². The molecule has 1 fully saturated rings. The van der Waals surface area contributed by atoms with Crippen molar-refractivity contribution in [2.45, 2.75) is 13.3 Å². The van der Waals surface area contributed by atoms with Crippen LogP contribution in [0.1, 0.15) is 23.8 Å². The first kappa shape index (κ1) is 16.6. The van der Waals surface area contributed by atoms with Crippen molar-refractivity contribution < 1.29 is 19.1 Å². The zero-order valence-electron chi connectivity index (χ0n) is 14.7. The van der Waals surface area contributed by atoms with E-state index in [1.807, 2.05) is 18.2 Å². The Balaban J connectivity index is 1.65. The molecule has 0 spiro atoms. The first-order valence-electron chi connectivity index (χ1n) is 8.86. The van der Waals surface area contributed by atoms with Gasteiger partial charge in [-0.1, -0.05) is 0 Å². The number of hydrogen-bond acceptors (Lipinski definition) is 5. The van der Waals surface area contributed by atoms with E-state index in [-0.39, 0.29) is 11.8 Å². The third kappa shape index (κ3) is 3.05. The summed E-state index contributed by atoms with van der Waals surface area (Å²) in [6.45, 7) is 4.90. The molecular formula is C19H21N3O4. The van der Waals surface area contributed by atoms with Gasteiger partial charge in [0.1, 0.15) is 5.69 Å².